The number of H-pyrrole nitrogens is 2. The second-order valence-corrected chi connectivity index (χ2v) is 6.11. The van der Waals surface area contributed by atoms with Crippen LogP contribution in [0.3, 0.4) is 0 Å². The van der Waals surface area contributed by atoms with Crippen LogP contribution in [-0.4, -0.2) is 9.97 Å². The molecule has 0 spiro atoms. The molecule has 0 saturated carbocycles. The first-order chi connectivity index (χ1) is 12.8. The Balaban J connectivity index is 1.35. The quantitative estimate of drug-likeness (QED) is 0.494. The van der Waals surface area contributed by atoms with Gasteiger partial charge in [0.05, 0.1) is 11.0 Å². The lowest BCUT2D eigenvalue weighted by molar-refractivity contribution is 0.306. The SMILES string of the molecule is O=c1[nH]c2ccc(NCc3ccc(OCc4ccccc4)cc3)cc2[nH]1. The molecule has 0 radical (unpaired) electrons. The minimum atomic E-state index is -0.191. The highest BCUT2D eigenvalue weighted by Crippen LogP contribution is 2.17. The van der Waals surface area contributed by atoms with Crippen molar-refractivity contribution in [2.75, 3.05) is 5.32 Å². The highest BCUT2D eigenvalue weighted by molar-refractivity contribution is 5.78. The van der Waals surface area contributed by atoms with Gasteiger partial charge in [-0.05, 0) is 41.5 Å². The Kier molecular flexibility index (Phi) is 4.43. The van der Waals surface area contributed by atoms with Crippen LogP contribution in [0.5, 0.6) is 5.75 Å². The molecule has 5 nitrogen and oxygen atoms in total. The fourth-order valence-corrected chi connectivity index (χ4v) is 2.79. The van der Waals surface area contributed by atoms with Crippen molar-refractivity contribution in [3.05, 3.63) is 94.4 Å². The molecule has 0 bridgehead atoms. The number of fused-ring (bicyclic) bond motifs is 1. The van der Waals surface area contributed by atoms with Crippen molar-refractivity contribution in [2.24, 2.45) is 0 Å². The molecular formula is C21H19N3O2. The third-order valence-electron chi connectivity index (χ3n) is 4.18. The number of imidazole rings is 1. The largest absolute Gasteiger partial charge is 0.489 e. The van der Waals surface area contributed by atoms with E-state index in [0.717, 1.165) is 33.6 Å². The molecule has 130 valence electrons. The summed E-state index contributed by atoms with van der Waals surface area (Å²) < 4.78 is 5.80. The average molecular weight is 345 g/mol. The highest BCUT2D eigenvalue weighted by atomic mass is 16.5. The zero-order valence-electron chi connectivity index (χ0n) is 14.2. The van der Waals surface area contributed by atoms with E-state index >= 15 is 0 Å². The third kappa shape index (κ3) is 3.78. The van der Waals surface area contributed by atoms with Crippen LogP contribution in [0, 0.1) is 0 Å². The van der Waals surface area contributed by atoms with E-state index in [4.69, 9.17) is 4.74 Å². The third-order valence-corrected chi connectivity index (χ3v) is 4.18. The first-order valence-electron chi connectivity index (χ1n) is 8.48. The molecule has 0 amide bonds. The summed E-state index contributed by atoms with van der Waals surface area (Å²) in [4.78, 5) is 16.8. The van der Waals surface area contributed by atoms with E-state index in [9.17, 15) is 4.79 Å². The Bertz CT molecular complexity index is 1050. The van der Waals surface area contributed by atoms with Gasteiger partial charge in [-0.2, -0.15) is 0 Å². The average Bonchev–Trinajstić information content (AvgIpc) is 3.05. The molecule has 3 N–H and O–H groups in total. The molecule has 26 heavy (non-hydrogen) atoms. The number of nitrogens with one attached hydrogen (secondary N) is 3. The summed E-state index contributed by atoms with van der Waals surface area (Å²) >= 11 is 0. The molecular weight excluding hydrogens is 326 g/mol. The van der Waals surface area contributed by atoms with Gasteiger partial charge in [-0.25, -0.2) is 4.79 Å². The van der Waals surface area contributed by atoms with Crippen molar-refractivity contribution < 1.29 is 4.74 Å². The number of hydrogen-bond acceptors (Lipinski definition) is 3. The van der Waals surface area contributed by atoms with Gasteiger partial charge in [0.1, 0.15) is 12.4 Å². The maximum absolute atomic E-state index is 11.3. The highest BCUT2D eigenvalue weighted by Gasteiger charge is 2.01. The Morgan fingerprint density at radius 1 is 0.808 bits per heavy atom. The summed E-state index contributed by atoms with van der Waals surface area (Å²) in [6.07, 6.45) is 0. The zero-order chi connectivity index (χ0) is 17.8. The van der Waals surface area contributed by atoms with Gasteiger partial charge in [-0.3, -0.25) is 0 Å². The van der Waals surface area contributed by atoms with Crippen LogP contribution in [0.2, 0.25) is 0 Å². The lowest BCUT2D eigenvalue weighted by atomic mass is 10.2. The molecule has 0 aliphatic rings. The summed E-state index contributed by atoms with van der Waals surface area (Å²) in [6, 6.07) is 23.9. The van der Waals surface area contributed by atoms with E-state index < -0.39 is 0 Å². The van der Waals surface area contributed by atoms with E-state index in [1.165, 1.54) is 0 Å². The van der Waals surface area contributed by atoms with E-state index in [0.29, 0.717) is 13.2 Å². The monoisotopic (exact) mass is 345 g/mol. The second-order valence-electron chi connectivity index (χ2n) is 6.11. The van der Waals surface area contributed by atoms with Crippen LogP contribution in [0.4, 0.5) is 5.69 Å². The molecule has 5 heteroatoms. The fraction of sp³-hybridized carbons (Fsp3) is 0.0952. The number of rotatable bonds is 6. The minimum absolute atomic E-state index is 0.191. The van der Waals surface area contributed by atoms with Crippen molar-refractivity contribution >= 4 is 16.7 Å². The van der Waals surface area contributed by atoms with Crippen molar-refractivity contribution in [1.82, 2.24) is 9.97 Å². The van der Waals surface area contributed by atoms with Gasteiger partial charge < -0.3 is 20.0 Å². The molecule has 3 aromatic carbocycles. The van der Waals surface area contributed by atoms with Crippen molar-refractivity contribution in [3.63, 3.8) is 0 Å². The van der Waals surface area contributed by atoms with Gasteiger partial charge in [0, 0.05) is 12.2 Å². The predicted molar refractivity (Wildman–Crippen MR) is 103 cm³/mol. The second kappa shape index (κ2) is 7.19. The topological polar surface area (TPSA) is 69.9 Å². The Morgan fingerprint density at radius 2 is 1.58 bits per heavy atom. The van der Waals surface area contributed by atoms with Gasteiger partial charge in [0.15, 0.2) is 0 Å². The number of ether oxygens (including phenoxy) is 1. The van der Waals surface area contributed by atoms with Crippen molar-refractivity contribution in [3.8, 4) is 5.75 Å². The first-order valence-corrected chi connectivity index (χ1v) is 8.48. The lowest BCUT2D eigenvalue weighted by Gasteiger charge is -2.09. The molecule has 0 fully saturated rings. The van der Waals surface area contributed by atoms with Crippen LogP contribution >= 0.6 is 0 Å². The number of hydrogen-bond donors (Lipinski definition) is 3. The Labute approximate surface area is 150 Å². The summed E-state index contributed by atoms with van der Waals surface area (Å²) in [7, 11) is 0. The van der Waals surface area contributed by atoms with Crippen LogP contribution in [0.25, 0.3) is 11.0 Å². The summed E-state index contributed by atoms with van der Waals surface area (Å²) in [5.41, 5.74) is 4.67. The molecule has 4 aromatic rings. The van der Waals surface area contributed by atoms with Crippen molar-refractivity contribution in [2.45, 2.75) is 13.2 Å². The standard InChI is InChI=1S/C21H19N3O2/c25-21-23-19-11-8-17(12-20(19)24-21)22-13-15-6-9-18(10-7-15)26-14-16-4-2-1-3-5-16/h1-12,22H,13-14H2,(H2,23,24,25). The molecule has 0 unspecified atom stereocenters. The Morgan fingerprint density at radius 3 is 2.38 bits per heavy atom. The Hall–Kier alpha value is -3.47. The van der Waals surface area contributed by atoms with Crippen LogP contribution < -0.4 is 15.7 Å². The summed E-state index contributed by atoms with van der Waals surface area (Å²) in [6.45, 7) is 1.26. The van der Waals surface area contributed by atoms with Gasteiger partial charge in [0.25, 0.3) is 0 Å². The summed E-state index contributed by atoms with van der Waals surface area (Å²) in [5, 5.41) is 3.36. The number of aromatic amines is 2. The number of aromatic nitrogens is 2. The molecule has 0 atom stereocenters. The summed E-state index contributed by atoms with van der Waals surface area (Å²) in [5.74, 6) is 0.851. The smallest absolute Gasteiger partial charge is 0.323 e. The maximum Gasteiger partial charge on any atom is 0.323 e. The van der Waals surface area contributed by atoms with E-state index in [-0.39, 0.29) is 5.69 Å². The van der Waals surface area contributed by atoms with Gasteiger partial charge in [0.2, 0.25) is 0 Å². The van der Waals surface area contributed by atoms with Crippen LogP contribution in [0.15, 0.2) is 77.6 Å². The first kappa shape index (κ1) is 16.0. The molecule has 0 saturated heterocycles. The molecule has 1 aromatic heterocycles. The fourth-order valence-electron chi connectivity index (χ4n) is 2.79. The van der Waals surface area contributed by atoms with Gasteiger partial charge in [-0.1, -0.05) is 42.5 Å². The van der Waals surface area contributed by atoms with Crippen LogP contribution in [-0.2, 0) is 13.2 Å². The number of anilines is 1. The zero-order valence-corrected chi connectivity index (χ0v) is 14.2. The van der Waals surface area contributed by atoms with Crippen LogP contribution in [0.1, 0.15) is 11.1 Å². The number of benzene rings is 3. The molecule has 1 heterocycles. The minimum Gasteiger partial charge on any atom is -0.489 e. The van der Waals surface area contributed by atoms with Gasteiger partial charge >= 0.3 is 5.69 Å². The predicted octanol–water partition coefficient (Wildman–Crippen LogP) is 4.05. The normalized spacial score (nSPS) is 10.8. The molecule has 0 aliphatic heterocycles. The molecule has 4 rings (SSSR count). The molecule has 0 aliphatic carbocycles. The van der Waals surface area contributed by atoms with E-state index in [2.05, 4.69) is 15.3 Å². The van der Waals surface area contributed by atoms with Gasteiger partial charge in [-0.15, -0.1) is 0 Å². The van der Waals surface area contributed by atoms with E-state index in [1.807, 2.05) is 72.8 Å². The van der Waals surface area contributed by atoms with Crippen molar-refractivity contribution in [1.29, 1.82) is 0 Å². The van der Waals surface area contributed by atoms with E-state index in [1.54, 1.807) is 0 Å². The maximum atomic E-state index is 11.3. The lowest BCUT2D eigenvalue weighted by Crippen LogP contribution is -2.00.